The van der Waals surface area contributed by atoms with Crippen molar-refractivity contribution in [3.63, 3.8) is 0 Å². The maximum atomic E-state index is 12.8. The quantitative estimate of drug-likeness (QED) is 0.881. The van der Waals surface area contributed by atoms with Gasteiger partial charge in [0.15, 0.2) is 0 Å². The van der Waals surface area contributed by atoms with Gasteiger partial charge < -0.3 is 4.90 Å². The molecule has 5 heteroatoms. The number of rotatable bonds is 1. The van der Waals surface area contributed by atoms with Gasteiger partial charge in [-0.25, -0.2) is 0 Å². The highest BCUT2D eigenvalue weighted by Gasteiger charge is 2.54. The van der Waals surface area contributed by atoms with Crippen LogP contribution in [0.1, 0.15) is 16.7 Å². The van der Waals surface area contributed by atoms with E-state index in [0.717, 1.165) is 21.9 Å². The number of thioether (sulfide) groups is 1. The molecule has 0 aliphatic carbocycles. The molecular weight excluding hydrogens is 294 g/mol. The Morgan fingerprint density at radius 3 is 2.64 bits per heavy atom. The van der Waals surface area contributed by atoms with Crippen molar-refractivity contribution in [1.82, 2.24) is 5.43 Å². The Labute approximate surface area is 133 Å². The van der Waals surface area contributed by atoms with E-state index < -0.39 is 4.87 Å². The van der Waals surface area contributed by atoms with Gasteiger partial charge in [0.2, 0.25) is 4.87 Å². The highest BCUT2D eigenvalue weighted by Crippen LogP contribution is 2.49. The van der Waals surface area contributed by atoms with E-state index in [2.05, 4.69) is 29.6 Å². The van der Waals surface area contributed by atoms with Gasteiger partial charge in [-0.15, -0.1) is 0 Å². The molecule has 2 heterocycles. The summed E-state index contributed by atoms with van der Waals surface area (Å²) in [6.07, 6.45) is 0. The zero-order valence-corrected chi connectivity index (χ0v) is 13.1. The minimum absolute atomic E-state index is 0.0181. The Morgan fingerprint density at radius 1 is 1.14 bits per heavy atom. The topological polar surface area (TPSA) is 44.7 Å². The van der Waals surface area contributed by atoms with E-state index in [9.17, 15) is 4.79 Å². The fourth-order valence-corrected chi connectivity index (χ4v) is 4.10. The summed E-state index contributed by atoms with van der Waals surface area (Å²) in [6.45, 7) is 2.05. The maximum Gasteiger partial charge on any atom is 0.269 e. The van der Waals surface area contributed by atoms with Crippen LogP contribution in [0.25, 0.3) is 0 Å². The molecular formula is C17H15N3OS. The van der Waals surface area contributed by atoms with E-state index in [1.165, 1.54) is 17.3 Å². The molecule has 0 saturated carbocycles. The monoisotopic (exact) mass is 309 g/mol. The number of benzene rings is 2. The van der Waals surface area contributed by atoms with Gasteiger partial charge in [-0.2, -0.15) is 5.10 Å². The Bertz CT molecular complexity index is 800. The molecule has 4 rings (SSSR count). The number of nitrogens with one attached hydrogen (secondary N) is 1. The van der Waals surface area contributed by atoms with Crippen molar-refractivity contribution in [2.75, 3.05) is 11.9 Å². The van der Waals surface area contributed by atoms with Gasteiger partial charge >= 0.3 is 0 Å². The first-order chi connectivity index (χ1) is 10.6. The average Bonchev–Trinajstić information content (AvgIpc) is 3.07. The molecule has 2 aromatic rings. The molecule has 2 aliphatic heterocycles. The number of likely N-dealkylation sites (N-methyl/N-ethyl adjacent to an activating group) is 1. The lowest BCUT2D eigenvalue weighted by molar-refractivity contribution is -0.120. The van der Waals surface area contributed by atoms with Crippen LogP contribution in [-0.4, -0.2) is 18.0 Å². The summed E-state index contributed by atoms with van der Waals surface area (Å²) in [6, 6.07) is 16.0. The molecule has 2 aromatic carbocycles. The van der Waals surface area contributed by atoms with Crippen molar-refractivity contribution in [2.24, 2.45) is 5.10 Å². The Kier molecular flexibility index (Phi) is 2.81. The molecule has 1 spiro atoms. The van der Waals surface area contributed by atoms with E-state index in [0.29, 0.717) is 0 Å². The minimum atomic E-state index is -0.828. The fraction of sp³-hybridized carbons (Fsp3) is 0.176. The fourth-order valence-electron chi connectivity index (χ4n) is 2.87. The van der Waals surface area contributed by atoms with Crippen molar-refractivity contribution >= 4 is 28.4 Å². The number of nitrogens with zero attached hydrogens (tertiary/aromatic N) is 2. The Balaban J connectivity index is 1.74. The van der Waals surface area contributed by atoms with Crippen LogP contribution in [-0.2, 0) is 9.67 Å². The van der Waals surface area contributed by atoms with Crippen LogP contribution < -0.4 is 10.3 Å². The number of aryl methyl sites for hydroxylation is 1. The van der Waals surface area contributed by atoms with Crippen LogP contribution in [0.3, 0.4) is 0 Å². The molecule has 0 radical (unpaired) electrons. The highest BCUT2D eigenvalue weighted by molar-refractivity contribution is 8.16. The third-order valence-corrected chi connectivity index (χ3v) is 5.43. The van der Waals surface area contributed by atoms with E-state index >= 15 is 0 Å². The molecule has 22 heavy (non-hydrogen) atoms. The molecule has 1 N–H and O–H groups in total. The SMILES string of the molecule is Cc1ccc(C2=NN[C@]3(S2)C(=O)N(C)c2ccccc23)cc1. The molecule has 0 unspecified atom stereocenters. The van der Waals surface area contributed by atoms with Gasteiger partial charge in [-0.3, -0.25) is 10.2 Å². The maximum absolute atomic E-state index is 12.8. The molecule has 2 aliphatic rings. The van der Waals surface area contributed by atoms with Crippen molar-refractivity contribution in [3.05, 3.63) is 65.2 Å². The first-order valence-corrected chi connectivity index (χ1v) is 7.92. The summed E-state index contributed by atoms with van der Waals surface area (Å²) in [5, 5.41) is 5.28. The van der Waals surface area contributed by atoms with Gasteiger partial charge in [0.05, 0.1) is 5.69 Å². The summed E-state index contributed by atoms with van der Waals surface area (Å²) in [4.78, 5) is 13.7. The lowest BCUT2D eigenvalue weighted by atomic mass is 10.1. The zero-order valence-electron chi connectivity index (χ0n) is 12.3. The zero-order chi connectivity index (χ0) is 15.3. The standard InChI is InChI=1S/C17H15N3OS/c1-11-7-9-12(10-8-11)15-18-19-17(22-15)13-5-3-4-6-14(13)20(2)16(17)21/h3-10,19H,1-2H3/t17-/m1/s1. The number of amides is 1. The second kappa shape index (κ2) is 4.61. The third kappa shape index (κ3) is 1.72. The van der Waals surface area contributed by atoms with E-state index in [4.69, 9.17) is 0 Å². The molecule has 0 bridgehead atoms. The molecule has 4 nitrogen and oxygen atoms in total. The number of hydrazone groups is 1. The van der Waals surface area contributed by atoms with Crippen molar-refractivity contribution in [3.8, 4) is 0 Å². The first kappa shape index (κ1) is 13.4. The van der Waals surface area contributed by atoms with Crippen LogP contribution >= 0.6 is 11.8 Å². The molecule has 0 saturated heterocycles. The van der Waals surface area contributed by atoms with Gasteiger partial charge in [0, 0.05) is 18.2 Å². The van der Waals surface area contributed by atoms with E-state index in [-0.39, 0.29) is 5.91 Å². The van der Waals surface area contributed by atoms with Gasteiger partial charge in [-0.1, -0.05) is 59.8 Å². The van der Waals surface area contributed by atoms with Crippen LogP contribution in [0.2, 0.25) is 0 Å². The second-order valence-electron chi connectivity index (χ2n) is 5.56. The predicted molar refractivity (Wildman–Crippen MR) is 90.0 cm³/mol. The lowest BCUT2D eigenvalue weighted by Gasteiger charge is -2.20. The Hall–Kier alpha value is -2.27. The van der Waals surface area contributed by atoms with Gasteiger partial charge in [-0.05, 0) is 13.0 Å². The van der Waals surface area contributed by atoms with Crippen LogP contribution in [0.4, 0.5) is 5.69 Å². The van der Waals surface area contributed by atoms with Crippen molar-refractivity contribution < 1.29 is 4.79 Å². The molecule has 110 valence electrons. The van der Waals surface area contributed by atoms with Crippen LogP contribution in [0.15, 0.2) is 53.6 Å². The molecule has 1 amide bonds. The lowest BCUT2D eigenvalue weighted by Crippen LogP contribution is -2.43. The van der Waals surface area contributed by atoms with Crippen molar-refractivity contribution in [2.45, 2.75) is 11.8 Å². The molecule has 0 fully saturated rings. The van der Waals surface area contributed by atoms with Gasteiger partial charge in [0.1, 0.15) is 5.04 Å². The smallest absolute Gasteiger partial charge is 0.269 e. The summed E-state index contributed by atoms with van der Waals surface area (Å²) in [5.41, 5.74) is 7.23. The summed E-state index contributed by atoms with van der Waals surface area (Å²) >= 11 is 1.48. The largest absolute Gasteiger partial charge is 0.312 e. The van der Waals surface area contributed by atoms with E-state index in [1.807, 2.05) is 43.4 Å². The van der Waals surface area contributed by atoms with E-state index in [1.54, 1.807) is 4.90 Å². The van der Waals surface area contributed by atoms with Crippen LogP contribution in [0.5, 0.6) is 0 Å². The number of carbonyl (C=O) groups is 1. The number of carbonyl (C=O) groups excluding carboxylic acids is 1. The first-order valence-electron chi connectivity index (χ1n) is 7.10. The summed E-state index contributed by atoms with van der Waals surface area (Å²) in [7, 11) is 1.81. The number of para-hydroxylation sites is 1. The molecule has 0 aromatic heterocycles. The number of anilines is 1. The van der Waals surface area contributed by atoms with Crippen LogP contribution in [0, 0.1) is 6.92 Å². The average molecular weight is 309 g/mol. The second-order valence-corrected chi connectivity index (χ2v) is 6.76. The highest BCUT2D eigenvalue weighted by atomic mass is 32.2. The molecule has 1 atom stereocenters. The van der Waals surface area contributed by atoms with Gasteiger partial charge in [0.25, 0.3) is 5.91 Å². The number of hydrogen-bond acceptors (Lipinski definition) is 4. The minimum Gasteiger partial charge on any atom is -0.312 e. The van der Waals surface area contributed by atoms with Crippen molar-refractivity contribution in [1.29, 1.82) is 0 Å². The predicted octanol–water partition coefficient (Wildman–Crippen LogP) is 2.82. The normalized spacial score (nSPS) is 22.7. The Morgan fingerprint density at radius 2 is 1.86 bits per heavy atom. The number of hydrogen-bond donors (Lipinski definition) is 1. The third-order valence-electron chi connectivity index (χ3n) is 4.11. The number of fused-ring (bicyclic) bond motifs is 2. The summed E-state index contributed by atoms with van der Waals surface area (Å²) < 4.78 is 0. The summed E-state index contributed by atoms with van der Waals surface area (Å²) in [5.74, 6) is 0.0181.